The lowest BCUT2D eigenvalue weighted by Gasteiger charge is -2.26. The highest BCUT2D eigenvalue weighted by molar-refractivity contribution is 6.31. The molecule has 1 aromatic heterocycles. The maximum absolute atomic E-state index is 13.1. The van der Waals surface area contributed by atoms with E-state index in [2.05, 4.69) is 29.0 Å². The van der Waals surface area contributed by atoms with E-state index in [9.17, 15) is 9.59 Å². The molecule has 1 aliphatic rings. The van der Waals surface area contributed by atoms with Gasteiger partial charge in [0.15, 0.2) is 0 Å². The summed E-state index contributed by atoms with van der Waals surface area (Å²) in [6, 6.07) is 13.2. The first-order valence-corrected chi connectivity index (χ1v) is 12.1. The third-order valence-electron chi connectivity index (χ3n) is 5.86. The zero-order chi connectivity index (χ0) is 24.1. The summed E-state index contributed by atoms with van der Waals surface area (Å²) in [4.78, 5) is 32.6. The molecular formula is C26H31ClN4O3. The maximum Gasteiger partial charge on any atom is 0.272 e. The zero-order valence-corrected chi connectivity index (χ0v) is 20.5. The van der Waals surface area contributed by atoms with E-state index in [0.717, 1.165) is 44.1 Å². The Labute approximate surface area is 204 Å². The second kappa shape index (κ2) is 11.1. The number of anilines is 1. The predicted octanol–water partition coefficient (Wildman–Crippen LogP) is 4.11. The lowest BCUT2D eigenvalue weighted by atomic mass is 10.1. The molecule has 0 aliphatic carbocycles. The average Bonchev–Trinajstić information content (AvgIpc) is 2.81. The first kappa shape index (κ1) is 24.4. The van der Waals surface area contributed by atoms with Crippen LogP contribution in [-0.2, 0) is 29.0 Å². The Morgan fingerprint density at radius 3 is 2.59 bits per heavy atom. The number of aryl methyl sites for hydroxylation is 1. The topological polar surface area (TPSA) is 76.5 Å². The number of carbonyl (C=O) groups excluding carboxylic acids is 1. The second-order valence-electron chi connectivity index (χ2n) is 9.13. The lowest BCUT2D eigenvalue weighted by molar-refractivity contribution is -0.116. The molecule has 1 N–H and O–H groups in total. The summed E-state index contributed by atoms with van der Waals surface area (Å²) < 4.78 is 7.13. The van der Waals surface area contributed by atoms with Crippen LogP contribution in [0, 0.1) is 5.92 Å². The molecule has 1 fully saturated rings. The van der Waals surface area contributed by atoms with Crippen molar-refractivity contribution >= 4 is 34.2 Å². The fourth-order valence-corrected chi connectivity index (χ4v) is 4.31. The number of aromatic nitrogens is 2. The van der Waals surface area contributed by atoms with Crippen LogP contribution in [0.4, 0.5) is 5.69 Å². The molecule has 8 heteroatoms. The minimum absolute atomic E-state index is 0.149. The number of amides is 1. The average molecular weight is 483 g/mol. The van der Waals surface area contributed by atoms with E-state index in [1.54, 1.807) is 16.7 Å². The molecule has 0 atom stereocenters. The molecule has 7 nitrogen and oxygen atoms in total. The van der Waals surface area contributed by atoms with Crippen LogP contribution in [0.15, 0.2) is 47.3 Å². The van der Waals surface area contributed by atoms with Crippen molar-refractivity contribution in [1.82, 2.24) is 14.5 Å². The van der Waals surface area contributed by atoms with Crippen LogP contribution in [0.25, 0.3) is 11.0 Å². The summed E-state index contributed by atoms with van der Waals surface area (Å²) >= 11 is 6.15. The van der Waals surface area contributed by atoms with Gasteiger partial charge in [-0.15, -0.1) is 0 Å². The van der Waals surface area contributed by atoms with E-state index in [1.165, 1.54) is 5.56 Å². The molecule has 180 valence electrons. The molecule has 1 aliphatic heterocycles. The number of carbonyl (C=O) groups is 1. The Bertz CT molecular complexity index is 1200. The first-order valence-electron chi connectivity index (χ1n) is 11.8. The summed E-state index contributed by atoms with van der Waals surface area (Å²) in [5.41, 5.74) is 3.60. The molecule has 0 unspecified atom stereocenters. The third kappa shape index (κ3) is 6.23. The van der Waals surface area contributed by atoms with Crippen molar-refractivity contribution < 1.29 is 9.53 Å². The summed E-state index contributed by atoms with van der Waals surface area (Å²) in [7, 11) is 0. The van der Waals surface area contributed by atoms with Gasteiger partial charge in [-0.05, 0) is 41.8 Å². The maximum atomic E-state index is 13.1. The Morgan fingerprint density at radius 1 is 1.15 bits per heavy atom. The fourth-order valence-electron chi connectivity index (χ4n) is 4.15. The number of ether oxygens (including phenoxy) is 1. The Kier molecular flexibility index (Phi) is 7.98. The van der Waals surface area contributed by atoms with Gasteiger partial charge >= 0.3 is 0 Å². The zero-order valence-electron chi connectivity index (χ0n) is 19.7. The highest BCUT2D eigenvalue weighted by Gasteiger charge is 2.15. The molecule has 4 rings (SSSR count). The number of fused-ring (bicyclic) bond motifs is 1. The molecular weight excluding hydrogens is 452 g/mol. The molecule has 34 heavy (non-hydrogen) atoms. The fraction of sp³-hybridized carbons (Fsp3) is 0.423. The number of benzene rings is 2. The monoisotopic (exact) mass is 482 g/mol. The molecule has 2 heterocycles. The van der Waals surface area contributed by atoms with Crippen LogP contribution in [0.5, 0.6) is 0 Å². The van der Waals surface area contributed by atoms with Gasteiger partial charge in [0.05, 0.1) is 24.2 Å². The van der Waals surface area contributed by atoms with Gasteiger partial charge in [-0.2, -0.15) is 0 Å². The third-order valence-corrected chi connectivity index (χ3v) is 6.09. The van der Waals surface area contributed by atoms with Gasteiger partial charge in [0.2, 0.25) is 5.91 Å². The molecule has 0 bridgehead atoms. The number of hydrogen-bond acceptors (Lipinski definition) is 5. The number of hydrogen-bond donors (Lipinski definition) is 1. The Hall–Kier alpha value is -2.74. The quantitative estimate of drug-likeness (QED) is 0.523. The highest BCUT2D eigenvalue weighted by atomic mass is 35.5. The van der Waals surface area contributed by atoms with Gasteiger partial charge < -0.3 is 14.6 Å². The van der Waals surface area contributed by atoms with Gasteiger partial charge in [0.25, 0.3) is 5.56 Å². The summed E-state index contributed by atoms with van der Waals surface area (Å²) in [6.07, 6.45) is 0.436. The first-order chi connectivity index (χ1) is 16.4. The number of morpholine rings is 1. The van der Waals surface area contributed by atoms with E-state index in [-0.39, 0.29) is 24.3 Å². The van der Waals surface area contributed by atoms with Crippen molar-refractivity contribution in [2.24, 2.45) is 5.92 Å². The van der Waals surface area contributed by atoms with E-state index in [4.69, 9.17) is 16.3 Å². The summed E-state index contributed by atoms with van der Waals surface area (Å²) in [6.45, 7) is 9.00. The Morgan fingerprint density at radius 2 is 1.88 bits per heavy atom. The van der Waals surface area contributed by atoms with Crippen LogP contribution >= 0.6 is 11.6 Å². The van der Waals surface area contributed by atoms with Gasteiger partial charge in [0.1, 0.15) is 5.69 Å². The molecule has 2 aromatic carbocycles. The summed E-state index contributed by atoms with van der Waals surface area (Å²) in [5, 5.41) is 3.49. The van der Waals surface area contributed by atoms with Crippen molar-refractivity contribution in [3.8, 4) is 0 Å². The second-order valence-corrected chi connectivity index (χ2v) is 9.57. The molecule has 1 amide bonds. The van der Waals surface area contributed by atoms with Gasteiger partial charge in [-0.25, -0.2) is 4.98 Å². The SMILES string of the molecule is CC(C)Cn1c(=O)c(CCC(=O)Nc2ccc(CN3CCOCC3)cc2)nc2cc(Cl)ccc21. The van der Waals surface area contributed by atoms with E-state index in [0.29, 0.717) is 28.7 Å². The molecule has 1 saturated heterocycles. The van der Waals surface area contributed by atoms with Crippen molar-refractivity contribution in [3.63, 3.8) is 0 Å². The number of nitrogens with one attached hydrogen (secondary N) is 1. The number of rotatable bonds is 8. The number of halogens is 1. The van der Waals surface area contributed by atoms with Crippen LogP contribution in [0.3, 0.4) is 0 Å². The van der Waals surface area contributed by atoms with Crippen LogP contribution in [-0.4, -0.2) is 46.7 Å². The van der Waals surface area contributed by atoms with Crippen LogP contribution in [0.2, 0.25) is 5.02 Å². The normalized spacial score (nSPS) is 14.6. The highest BCUT2D eigenvalue weighted by Crippen LogP contribution is 2.18. The van der Waals surface area contributed by atoms with Gasteiger partial charge in [-0.3, -0.25) is 14.5 Å². The molecule has 0 saturated carbocycles. The molecule has 0 radical (unpaired) electrons. The van der Waals surface area contributed by atoms with Crippen molar-refractivity contribution in [2.75, 3.05) is 31.6 Å². The molecule has 3 aromatic rings. The minimum Gasteiger partial charge on any atom is -0.379 e. The van der Waals surface area contributed by atoms with Gasteiger partial charge in [-0.1, -0.05) is 37.6 Å². The lowest BCUT2D eigenvalue weighted by Crippen LogP contribution is -2.35. The van der Waals surface area contributed by atoms with Crippen LogP contribution < -0.4 is 10.9 Å². The number of nitrogens with zero attached hydrogens (tertiary/aromatic N) is 3. The smallest absolute Gasteiger partial charge is 0.272 e. The Balaban J connectivity index is 1.41. The largest absolute Gasteiger partial charge is 0.379 e. The van der Waals surface area contributed by atoms with Crippen molar-refractivity contribution in [2.45, 2.75) is 39.8 Å². The summed E-state index contributed by atoms with van der Waals surface area (Å²) in [5.74, 6) is 0.144. The molecule has 0 spiro atoms. The predicted molar refractivity (Wildman–Crippen MR) is 135 cm³/mol. The van der Waals surface area contributed by atoms with Crippen LogP contribution in [0.1, 0.15) is 31.5 Å². The van der Waals surface area contributed by atoms with E-state index >= 15 is 0 Å². The minimum atomic E-state index is -0.149. The van der Waals surface area contributed by atoms with Gasteiger partial charge in [0, 0.05) is 49.7 Å². The standard InChI is InChI=1S/C26H31ClN4O3/c1-18(2)16-31-24-9-5-20(27)15-23(24)29-22(26(31)33)8-10-25(32)28-21-6-3-19(4-7-21)17-30-11-13-34-14-12-30/h3-7,9,15,18H,8,10-14,16-17H2,1-2H3,(H,28,32). The van der Waals surface area contributed by atoms with E-state index in [1.807, 2.05) is 30.3 Å². The van der Waals surface area contributed by atoms with Crippen molar-refractivity contribution in [3.05, 3.63) is 69.1 Å². The van der Waals surface area contributed by atoms with E-state index < -0.39 is 0 Å². The van der Waals surface area contributed by atoms with Crippen molar-refractivity contribution in [1.29, 1.82) is 0 Å².